The van der Waals surface area contributed by atoms with E-state index in [1.807, 2.05) is 36.2 Å². The Labute approximate surface area is 153 Å². The smallest absolute Gasteiger partial charge is 0.317 e. The molecule has 0 unspecified atom stereocenters. The maximum Gasteiger partial charge on any atom is 0.317 e. The molecule has 0 bridgehead atoms. The number of para-hydroxylation sites is 2. The Morgan fingerprint density at radius 2 is 2.15 bits per heavy atom. The lowest BCUT2D eigenvalue weighted by molar-refractivity contribution is -0.118. The van der Waals surface area contributed by atoms with Crippen LogP contribution in [0.4, 0.5) is 4.79 Å². The second-order valence-corrected chi connectivity index (χ2v) is 7.02. The Kier molecular flexibility index (Phi) is 5.75. The Morgan fingerprint density at radius 3 is 2.92 bits per heavy atom. The van der Waals surface area contributed by atoms with Crippen LogP contribution in [0.5, 0.6) is 0 Å². The number of amides is 3. The Morgan fingerprint density at radius 1 is 1.35 bits per heavy atom. The number of aromatic nitrogens is 2. The number of imidazole rings is 1. The summed E-state index contributed by atoms with van der Waals surface area (Å²) in [6.07, 6.45) is 3.88. The van der Waals surface area contributed by atoms with E-state index in [0.717, 1.165) is 42.7 Å². The first kappa shape index (κ1) is 18.2. The summed E-state index contributed by atoms with van der Waals surface area (Å²) >= 11 is 0. The number of benzene rings is 1. The molecule has 0 aliphatic carbocycles. The highest BCUT2D eigenvalue weighted by Gasteiger charge is 2.23. The molecule has 0 saturated carbocycles. The van der Waals surface area contributed by atoms with Gasteiger partial charge < -0.3 is 20.5 Å². The molecule has 2 heterocycles. The Hall–Kier alpha value is -2.57. The molecule has 1 atom stereocenters. The van der Waals surface area contributed by atoms with Crippen LogP contribution in [0.1, 0.15) is 31.5 Å². The van der Waals surface area contributed by atoms with Crippen molar-refractivity contribution in [3.05, 3.63) is 30.1 Å². The summed E-state index contributed by atoms with van der Waals surface area (Å²) in [7, 11) is 2.00. The molecule has 2 aromatic rings. The van der Waals surface area contributed by atoms with E-state index in [-0.39, 0.29) is 11.9 Å². The number of carbonyl (C=O) groups excluding carboxylic acids is 2. The van der Waals surface area contributed by atoms with E-state index in [1.54, 1.807) is 0 Å². The number of fused-ring (bicyclic) bond motifs is 1. The van der Waals surface area contributed by atoms with Gasteiger partial charge in [0, 0.05) is 39.5 Å². The summed E-state index contributed by atoms with van der Waals surface area (Å²) in [6.45, 7) is 2.02. The van der Waals surface area contributed by atoms with Crippen molar-refractivity contribution in [2.24, 2.45) is 18.7 Å². The Bertz CT molecular complexity index is 785. The van der Waals surface area contributed by atoms with E-state index in [9.17, 15) is 9.59 Å². The summed E-state index contributed by atoms with van der Waals surface area (Å²) in [5.41, 5.74) is 7.30. The monoisotopic (exact) mass is 357 g/mol. The lowest BCUT2D eigenvalue weighted by atomic mass is 9.93. The third-order valence-corrected chi connectivity index (χ3v) is 5.11. The van der Waals surface area contributed by atoms with Gasteiger partial charge in [0.25, 0.3) is 0 Å². The zero-order valence-electron chi connectivity index (χ0n) is 15.3. The third-order valence-electron chi connectivity index (χ3n) is 5.11. The van der Waals surface area contributed by atoms with Crippen molar-refractivity contribution >= 4 is 23.0 Å². The van der Waals surface area contributed by atoms with Crippen LogP contribution in [-0.4, -0.2) is 46.0 Å². The highest BCUT2D eigenvalue weighted by molar-refractivity contribution is 5.76. The van der Waals surface area contributed by atoms with Crippen LogP contribution in [0.25, 0.3) is 11.0 Å². The minimum Gasteiger partial charge on any atom is -0.370 e. The maximum absolute atomic E-state index is 12.4. The fourth-order valence-electron chi connectivity index (χ4n) is 3.64. The molecule has 0 spiro atoms. The minimum atomic E-state index is -0.269. The molecular weight excluding hydrogens is 330 g/mol. The number of aryl methyl sites for hydroxylation is 1. The average Bonchev–Trinajstić information content (AvgIpc) is 2.96. The second kappa shape index (κ2) is 8.21. The summed E-state index contributed by atoms with van der Waals surface area (Å²) in [4.78, 5) is 29.9. The molecule has 26 heavy (non-hydrogen) atoms. The topological polar surface area (TPSA) is 93.3 Å². The summed E-state index contributed by atoms with van der Waals surface area (Å²) in [6, 6.07) is 7.99. The molecule has 1 aliphatic rings. The second-order valence-electron chi connectivity index (χ2n) is 7.02. The first-order valence-electron chi connectivity index (χ1n) is 9.26. The maximum atomic E-state index is 12.4. The van der Waals surface area contributed by atoms with Gasteiger partial charge in [-0.1, -0.05) is 12.1 Å². The van der Waals surface area contributed by atoms with Crippen LogP contribution < -0.4 is 11.1 Å². The Balaban J connectivity index is 1.48. The summed E-state index contributed by atoms with van der Waals surface area (Å²) in [5, 5.41) is 3.00. The van der Waals surface area contributed by atoms with Gasteiger partial charge in [-0.15, -0.1) is 0 Å². The number of hydrogen-bond donors (Lipinski definition) is 2. The number of carbonyl (C=O) groups is 2. The van der Waals surface area contributed by atoms with Crippen LogP contribution in [0.3, 0.4) is 0 Å². The fraction of sp³-hybridized carbons (Fsp3) is 0.526. The molecule has 1 saturated heterocycles. The van der Waals surface area contributed by atoms with E-state index in [1.165, 1.54) is 0 Å². The lowest BCUT2D eigenvalue weighted by Gasteiger charge is -2.32. The molecule has 3 rings (SSSR count). The van der Waals surface area contributed by atoms with Gasteiger partial charge in [-0.05, 0) is 37.3 Å². The van der Waals surface area contributed by atoms with Crippen molar-refractivity contribution in [1.29, 1.82) is 0 Å². The number of primary amides is 1. The largest absolute Gasteiger partial charge is 0.370 e. The van der Waals surface area contributed by atoms with Gasteiger partial charge >= 0.3 is 6.03 Å². The van der Waals surface area contributed by atoms with Gasteiger partial charge in [0.05, 0.1) is 11.0 Å². The molecule has 7 nitrogen and oxygen atoms in total. The molecule has 7 heteroatoms. The lowest BCUT2D eigenvalue weighted by Crippen LogP contribution is -2.46. The predicted octanol–water partition coefficient (Wildman–Crippen LogP) is 1.80. The van der Waals surface area contributed by atoms with Crippen LogP contribution >= 0.6 is 0 Å². The van der Waals surface area contributed by atoms with Crippen LogP contribution in [-0.2, 0) is 18.3 Å². The molecule has 1 fully saturated rings. The van der Waals surface area contributed by atoms with Crippen molar-refractivity contribution in [2.45, 2.75) is 32.1 Å². The molecule has 140 valence electrons. The van der Waals surface area contributed by atoms with Crippen molar-refractivity contribution in [2.75, 3.05) is 19.6 Å². The van der Waals surface area contributed by atoms with Gasteiger partial charge in [0.15, 0.2) is 0 Å². The van der Waals surface area contributed by atoms with Crippen molar-refractivity contribution in [1.82, 2.24) is 19.8 Å². The number of nitrogens with two attached hydrogens (primary N) is 1. The molecular formula is C19H27N5O2. The molecule has 3 N–H and O–H groups in total. The molecule has 0 radical (unpaired) electrons. The normalized spacial score (nSPS) is 17.4. The number of nitrogens with zero attached hydrogens (tertiary/aromatic N) is 3. The highest BCUT2D eigenvalue weighted by Crippen LogP contribution is 2.21. The van der Waals surface area contributed by atoms with Gasteiger partial charge in [0.2, 0.25) is 5.91 Å². The SMILES string of the molecule is Cn1c(CCNC(=O)N2CCC[C@@H](CCC(N)=O)C2)nc2ccccc21. The minimum absolute atomic E-state index is 0.0347. The number of piperidine rings is 1. The summed E-state index contributed by atoms with van der Waals surface area (Å²) < 4.78 is 2.07. The number of nitrogens with one attached hydrogen (secondary N) is 1. The third kappa shape index (κ3) is 4.33. The number of urea groups is 1. The van der Waals surface area contributed by atoms with Crippen molar-refractivity contribution < 1.29 is 9.59 Å². The molecule has 1 aliphatic heterocycles. The number of hydrogen-bond acceptors (Lipinski definition) is 3. The van der Waals surface area contributed by atoms with E-state index in [4.69, 9.17) is 5.73 Å². The standard InChI is InChI=1S/C19H27N5O2/c1-23-16-7-3-2-6-15(16)22-18(23)10-11-21-19(26)24-12-4-5-14(13-24)8-9-17(20)25/h2-3,6-7,14H,4-5,8-13H2,1H3,(H2,20,25)(H,21,26)/t14-/m0/s1. The van der Waals surface area contributed by atoms with Crippen LogP contribution in [0.15, 0.2) is 24.3 Å². The first-order chi connectivity index (χ1) is 12.5. The van der Waals surface area contributed by atoms with Gasteiger partial charge in [-0.3, -0.25) is 4.79 Å². The van der Waals surface area contributed by atoms with E-state index in [2.05, 4.69) is 14.9 Å². The van der Waals surface area contributed by atoms with Gasteiger partial charge in [-0.25, -0.2) is 9.78 Å². The quantitative estimate of drug-likeness (QED) is 0.825. The predicted molar refractivity (Wildman–Crippen MR) is 101 cm³/mol. The van der Waals surface area contributed by atoms with E-state index >= 15 is 0 Å². The number of rotatable bonds is 6. The van der Waals surface area contributed by atoms with Crippen molar-refractivity contribution in [3.8, 4) is 0 Å². The molecule has 3 amide bonds. The zero-order valence-corrected chi connectivity index (χ0v) is 15.3. The van der Waals surface area contributed by atoms with E-state index in [0.29, 0.717) is 31.8 Å². The van der Waals surface area contributed by atoms with E-state index < -0.39 is 0 Å². The highest BCUT2D eigenvalue weighted by atomic mass is 16.2. The molecule has 1 aromatic carbocycles. The fourth-order valence-corrected chi connectivity index (χ4v) is 3.64. The average molecular weight is 357 g/mol. The van der Waals surface area contributed by atoms with Gasteiger partial charge in [0.1, 0.15) is 5.82 Å². The zero-order chi connectivity index (χ0) is 18.5. The van der Waals surface area contributed by atoms with Crippen molar-refractivity contribution in [3.63, 3.8) is 0 Å². The summed E-state index contributed by atoms with van der Waals surface area (Å²) in [5.74, 6) is 1.06. The molecule has 1 aromatic heterocycles. The first-order valence-corrected chi connectivity index (χ1v) is 9.26. The van der Waals surface area contributed by atoms with Crippen LogP contribution in [0, 0.1) is 5.92 Å². The van der Waals surface area contributed by atoms with Crippen LogP contribution in [0.2, 0.25) is 0 Å². The van der Waals surface area contributed by atoms with Gasteiger partial charge in [-0.2, -0.15) is 0 Å². The number of likely N-dealkylation sites (tertiary alicyclic amines) is 1.